The second kappa shape index (κ2) is 7.24. The Labute approximate surface area is 123 Å². The second-order valence-electron chi connectivity index (χ2n) is 6.67. The van der Waals surface area contributed by atoms with E-state index in [-0.39, 0.29) is 0 Å². The van der Waals surface area contributed by atoms with E-state index in [1.54, 1.807) is 0 Å². The zero-order chi connectivity index (χ0) is 13.6. The zero-order valence-corrected chi connectivity index (χ0v) is 12.6. The molecular formula is C18H28N2. The summed E-state index contributed by atoms with van der Waals surface area (Å²) in [6.45, 7) is 6.42. The first-order valence-corrected chi connectivity index (χ1v) is 8.37. The highest BCUT2D eigenvalue weighted by molar-refractivity contribution is 5.15. The molecule has 2 atom stereocenters. The third-order valence-electron chi connectivity index (χ3n) is 4.89. The highest BCUT2D eigenvalue weighted by Gasteiger charge is 2.23. The monoisotopic (exact) mass is 272 g/mol. The Balaban J connectivity index is 1.48. The summed E-state index contributed by atoms with van der Waals surface area (Å²) in [6.07, 6.45) is 6.85. The van der Waals surface area contributed by atoms with Gasteiger partial charge in [-0.1, -0.05) is 30.3 Å². The molecule has 2 unspecified atom stereocenters. The number of piperidine rings is 2. The van der Waals surface area contributed by atoms with Crippen LogP contribution in [0.4, 0.5) is 0 Å². The molecule has 0 amide bonds. The molecule has 2 nitrogen and oxygen atoms in total. The van der Waals surface area contributed by atoms with Gasteiger partial charge in [0.1, 0.15) is 0 Å². The minimum Gasteiger partial charge on any atom is -0.316 e. The topological polar surface area (TPSA) is 15.3 Å². The maximum absolute atomic E-state index is 3.55. The molecule has 1 aromatic carbocycles. The van der Waals surface area contributed by atoms with Gasteiger partial charge in [0.15, 0.2) is 0 Å². The van der Waals surface area contributed by atoms with E-state index in [1.165, 1.54) is 70.4 Å². The Morgan fingerprint density at radius 3 is 2.70 bits per heavy atom. The van der Waals surface area contributed by atoms with E-state index in [0.717, 1.165) is 11.8 Å². The zero-order valence-electron chi connectivity index (χ0n) is 12.6. The number of hydrogen-bond donors (Lipinski definition) is 1. The summed E-state index contributed by atoms with van der Waals surface area (Å²) in [4.78, 5) is 2.73. The quantitative estimate of drug-likeness (QED) is 0.906. The van der Waals surface area contributed by atoms with E-state index in [4.69, 9.17) is 0 Å². The molecule has 20 heavy (non-hydrogen) atoms. The van der Waals surface area contributed by atoms with Crippen LogP contribution in [-0.4, -0.2) is 37.6 Å². The minimum absolute atomic E-state index is 0.864. The van der Waals surface area contributed by atoms with Crippen molar-refractivity contribution in [2.24, 2.45) is 11.8 Å². The Hall–Kier alpha value is -0.860. The predicted molar refractivity (Wildman–Crippen MR) is 84.9 cm³/mol. The number of hydrogen-bond acceptors (Lipinski definition) is 2. The lowest BCUT2D eigenvalue weighted by Crippen LogP contribution is -2.43. The predicted octanol–water partition coefficient (Wildman–Crippen LogP) is 2.94. The maximum atomic E-state index is 3.55. The minimum atomic E-state index is 0.864. The largest absolute Gasteiger partial charge is 0.316 e. The molecule has 0 spiro atoms. The number of rotatable bonds is 4. The first-order valence-electron chi connectivity index (χ1n) is 8.37. The van der Waals surface area contributed by atoms with Crippen LogP contribution in [0.3, 0.4) is 0 Å². The van der Waals surface area contributed by atoms with Crippen molar-refractivity contribution >= 4 is 0 Å². The average Bonchev–Trinajstić information content (AvgIpc) is 2.50. The Kier molecular flexibility index (Phi) is 5.10. The van der Waals surface area contributed by atoms with Crippen LogP contribution in [-0.2, 0) is 6.42 Å². The third kappa shape index (κ3) is 4.07. The van der Waals surface area contributed by atoms with Crippen molar-refractivity contribution in [3.63, 3.8) is 0 Å². The van der Waals surface area contributed by atoms with Gasteiger partial charge in [0, 0.05) is 13.1 Å². The van der Waals surface area contributed by atoms with Gasteiger partial charge in [-0.3, -0.25) is 0 Å². The van der Waals surface area contributed by atoms with Crippen molar-refractivity contribution in [3.8, 4) is 0 Å². The van der Waals surface area contributed by atoms with E-state index in [0.29, 0.717) is 0 Å². The maximum Gasteiger partial charge on any atom is 0.00219 e. The molecule has 110 valence electrons. The summed E-state index contributed by atoms with van der Waals surface area (Å²) in [5.41, 5.74) is 1.51. The SMILES string of the molecule is c1ccc(CC2CCCN(CC3CCCNC3)C2)cc1. The lowest BCUT2D eigenvalue weighted by molar-refractivity contribution is 0.141. The van der Waals surface area contributed by atoms with E-state index >= 15 is 0 Å². The van der Waals surface area contributed by atoms with E-state index < -0.39 is 0 Å². The summed E-state index contributed by atoms with van der Waals surface area (Å²) in [6, 6.07) is 11.0. The van der Waals surface area contributed by atoms with Gasteiger partial charge in [-0.25, -0.2) is 0 Å². The normalized spacial score (nSPS) is 28.4. The van der Waals surface area contributed by atoms with Gasteiger partial charge in [0.05, 0.1) is 0 Å². The highest BCUT2D eigenvalue weighted by atomic mass is 15.1. The molecule has 0 bridgehead atoms. The summed E-state index contributed by atoms with van der Waals surface area (Å²) >= 11 is 0. The second-order valence-corrected chi connectivity index (χ2v) is 6.67. The van der Waals surface area contributed by atoms with Gasteiger partial charge in [0.2, 0.25) is 0 Å². The van der Waals surface area contributed by atoms with Crippen LogP contribution >= 0.6 is 0 Å². The van der Waals surface area contributed by atoms with Crippen molar-refractivity contribution in [2.45, 2.75) is 32.1 Å². The Morgan fingerprint density at radius 1 is 1.05 bits per heavy atom. The summed E-state index contributed by atoms with van der Waals surface area (Å²) in [7, 11) is 0. The molecule has 2 aliphatic heterocycles. The first-order chi connectivity index (χ1) is 9.90. The molecule has 1 aromatic rings. The standard InChI is InChI=1S/C18H28N2/c1-2-6-16(7-3-1)12-17-9-5-11-20(14-17)15-18-8-4-10-19-13-18/h1-3,6-7,17-19H,4-5,8-15H2. The average molecular weight is 272 g/mol. The first kappa shape index (κ1) is 14.1. The molecule has 0 aromatic heterocycles. The number of nitrogens with one attached hydrogen (secondary N) is 1. The van der Waals surface area contributed by atoms with Crippen molar-refractivity contribution in [3.05, 3.63) is 35.9 Å². The molecule has 3 rings (SSSR count). The molecule has 0 radical (unpaired) electrons. The molecule has 2 fully saturated rings. The fourth-order valence-corrected chi connectivity index (χ4v) is 3.88. The molecule has 2 heteroatoms. The van der Waals surface area contributed by atoms with Gasteiger partial charge >= 0.3 is 0 Å². The van der Waals surface area contributed by atoms with E-state index in [9.17, 15) is 0 Å². The summed E-state index contributed by atoms with van der Waals surface area (Å²) < 4.78 is 0. The molecule has 0 aliphatic carbocycles. The lowest BCUT2D eigenvalue weighted by atomic mass is 9.90. The van der Waals surface area contributed by atoms with Crippen molar-refractivity contribution in [2.75, 3.05) is 32.7 Å². The summed E-state index contributed by atoms with van der Waals surface area (Å²) in [5.74, 6) is 1.75. The third-order valence-corrected chi connectivity index (χ3v) is 4.89. The van der Waals surface area contributed by atoms with Crippen LogP contribution in [0.1, 0.15) is 31.2 Å². The van der Waals surface area contributed by atoms with Crippen molar-refractivity contribution in [1.29, 1.82) is 0 Å². The molecule has 2 saturated heterocycles. The Bertz CT molecular complexity index is 384. The van der Waals surface area contributed by atoms with Crippen LogP contribution < -0.4 is 5.32 Å². The van der Waals surface area contributed by atoms with Gasteiger partial charge in [-0.2, -0.15) is 0 Å². The van der Waals surface area contributed by atoms with Gasteiger partial charge in [-0.05, 0) is 69.1 Å². The van der Waals surface area contributed by atoms with Gasteiger partial charge in [-0.15, -0.1) is 0 Å². The van der Waals surface area contributed by atoms with E-state index in [1.807, 2.05) is 0 Å². The van der Waals surface area contributed by atoms with Crippen molar-refractivity contribution in [1.82, 2.24) is 10.2 Å². The van der Waals surface area contributed by atoms with Crippen molar-refractivity contribution < 1.29 is 0 Å². The fraction of sp³-hybridized carbons (Fsp3) is 0.667. The van der Waals surface area contributed by atoms with Crippen LogP contribution in [0.5, 0.6) is 0 Å². The van der Waals surface area contributed by atoms with Crippen LogP contribution in [0.25, 0.3) is 0 Å². The van der Waals surface area contributed by atoms with Crippen LogP contribution in [0.2, 0.25) is 0 Å². The molecule has 1 N–H and O–H groups in total. The molecule has 2 aliphatic rings. The highest BCUT2D eigenvalue weighted by Crippen LogP contribution is 2.22. The number of nitrogens with zero attached hydrogens (tertiary/aromatic N) is 1. The van der Waals surface area contributed by atoms with Crippen LogP contribution in [0.15, 0.2) is 30.3 Å². The molecule has 2 heterocycles. The fourth-order valence-electron chi connectivity index (χ4n) is 3.88. The molecular weight excluding hydrogens is 244 g/mol. The molecule has 0 saturated carbocycles. The summed E-state index contributed by atoms with van der Waals surface area (Å²) in [5, 5.41) is 3.55. The number of benzene rings is 1. The van der Waals surface area contributed by atoms with Gasteiger partial charge < -0.3 is 10.2 Å². The van der Waals surface area contributed by atoms with Gasteiger partial charge in [0.25, 0.3) is 0 Å². The number of likely N-dealkylation sites (tertiary alicyclic amines) is 1. The van der Waals surface area contributed by atoms with E-state index in [2.05, 4.69) is 40.5 Å². The van der Waals surface area contributed by atoms with Crippen LogP contribution in [0, 0.1) is 11.8 Å². The Morgan fingerprint density at radius 2 is 1.90 bits per heavy atom. The smallest absolute Gasteiger partial charge is 0.00219 e. The lowest BCUT2D eigenvalue weighted by Gasteiger charge is -2.36.